The Morgan fingerprint density at radius 3 is 1.91 bits per heavy atom. The molecule has 0 spiro atoms. The second-order valence-electron chi connectivity index (χ2n) is 24.4. The smallest absolute Gasteiger partial charge is 0.148 e. The molecule has 0 aliphatic carbocycles. The number of hydrogen-bond acceptors (Lipinski definition) is 3. The Balaban J connectivity index is 0.0000102. The first-order valence-corrected chi connectivity index (χ1v) is 32.5. The molecule has 0 fully saturated rings. The normalized spacial score (nSPS) is 19.1. The zero-order chi connectivity index (χ0) is 70.6. The Bertz CT molecular complexity index is 4580. The maximum atomic E-state index is 13.2. The topological polar surface area (TPSA) is 50.9 Å². The summed E-state index contributed by atoms with van der Waals surface area (Å²) in [4.78, 5) is 10.2. The number of aromatic hydroxyl groups is 1. The van der Waals surface area contributed by atoms with Crippen LogP contribution in [0, 0.1) is 6.07 Å². The van der Waals surface area contributed by atoms with E-state index in [4.69, 9.17) is 34.6 Å². The number of hydrogen-bond donors (Lipinski definition) is 1. The van der Waals surface area contributed by atoms with Crippen molar-refractivity contribution >= 4 is 54.9 Å². The molecule has 1 N–H and O–H groups in total. The van der Waals surface area contributed by atoms with Crippen LogP contribution in [-0.2, 0) is 42.7 Å². The van der Waals surface area contributed by atoms with Crippen molar-refractivity contribution in [2.45, 2.75) is 131 Å². The number of pyridine rings is 1. The fourth-order valence-corrected chi connectivity index (χ4v) is 16.6. The minimum absolute atomic E-state index is 0. The summed E-state index contributed by atoms with van der Waals surface area (Å²) >= 11 is 0. The summed E-state index contributed by atoms with van der Waals surface area (Å²) in [6.45, 7) is -2.78. The molecule has 0 saturated heterocycles. The van der Waals surface area contributed by atoms with Gasteiger partial charge in [0, 0.05) is 68.8 Å². The molecule has 79 heavy (non-hydrogen) atoms. The number of rotatable bonds is 7. The van der Waals surface area contributed by atoms with Crippen LogP contribution in [0.2, 0.25) is 26.2 Å². The van der Waals surface area contributed by atoms with E-state index in [2.05, 4.69) is 107 Å². The molecule has 0 unspecified atom stereocenters. The molecule has 0 amide bonds. The molecule has 9 aromatic rings. The van der Waals surface area contributed by atoms with E-state index in [1.165, 1.54) is 32.3 Å². The summed E-state index contributed by atoms with van der Waals surface area (Å²) < 4.78 is 161. The van der Waals surface area contributed by atoms with Gasteiger partial charge < -0.3 is 5.11 Å². The van der Waals surface area contributed by atoms with Crippen molar-refractivity contribution in [3.63, 3.8) is 0 Å². The van der Waals surface area contributed by atoms with Crippen LogP contribution in [0.25, 0.3) is 90.1 Å². The first-order chi connectivity index (χ1) is 44.1. The molecule has 0 saturated carbocycles. The number of imidazole rings is 1. The minimum atomic E-state index is -4.15. The largest absolute Gasteiger partial charge is 0.507 e. The minimum Gasteiger partial charge on any atom is -0.507 e. The maximum absolute atomic E-state index is 13.2. The first-order valence-electron chi connectivity index (χ1n) is 35.4. The molecule has 7 aromatic carbocycles. The van der Waals surface area contributed by atoms with Gasteiger partial charge in [-0.3, -0.25) is 9.55 Å². The van der Waals surface area contributed by atoms with Gasteiger partial charge in [-0.2, -0.15) is 0 Å². The predicted octanol–water partition coefficient (Wildman–Crippen LogP) is 17.9. The van der Waals surface area contributed by atoms with E-state index >= 15 is 0 Å². The van der Waals surface area contributed by atoms with Crippen molar-refractivity contribution in [2.24, 2.45) is 0 Å². The summed E-state index contributed by atoms with van der Waals surface area (Å²) in [5.74, 6) is -1.77. The zero-order valence-electron chi connectivity index (χ0n) is 64.2. The van der Waals surface area contributed by atoms with Crippen LogP contribution in [-0.4, -0.2) is 35.8 Å². The fraction of sp³-hybridized carbons (Fsp3) is 0.278. The number of nitrogens with zero attached hydrogens (tertiary/aromatic N) is 3. The Kier molecular flexibility index (Phi) is 9.34. The first kappa shape index (κ1) is 37.5. The van der Waals surface area contributed by atoms with Crippen LogP contribution >= 0.6 is 0 Å². The molecule has 4 nitrogen and oxygen atoms in total. The van der Waals surface area contributed by atoms with Gasteiger partial charge in [0.25, 0.3) is 0 Å². The Morgan fingerprint density at radius 1 is 0.557 bits per heavy atom. The van der Waals surface area contributed by atoms with Gasteiger partial charge in [-0.1, -0.05) is 235 Å². The van der Waals surface area contributed by atoms with E-state index in [1.54, 1.807) is 35.0 Å². The van der Waals surface area contributed by atoms with Crippen molar-refractivity contribution < 1.29 is 50.8 Å². The number of benzene rings is 7. The second-order valence-corrected chi connectivity index (χ2v) is 33.1. The summed E-state index contributed by atoms with van der Waals surface area (Å²) in [6.07, 6.45) is 6.45. The van der Waals surface area contributed by atoms with E-state index < -0.39 is 107 Å². The fourth-order valence-electron chi connectivity index (χ4n) is 11.3. The molecule has 2 aromatic heterocycles. The summed E-state index contributed by atoms with van der Waals surface area (Å²) in [6, 6.07) is 46.1. The molecule has 0 bridgehead atoms. The summed E-state index contributed by atoms with van der Waals surface area (Å²) in [5.41, 5.74) is 1.30. The Hall–Kier alpha value is -6.44. The van der Waals surface area contributed by atoms with Crippen molar-refractivity contribution in [3.05, 3.63) is 196 Å². The van der Waals surface area contributed by atoms with Crippen molar-refractivity contribution in [3.8, 4) is 67.5 Å². The Morgan fingerprint density at radius 2 is 1.22 bits per heavy atom. The second kappa shape index (κ2) is 19.7. The van der Waals surface area contributed by atoms with Crippen LogP contribution in [0.1, 0.15) is 146 Å². The molecular formula is C72H76N3OPtSi2-. The molecule has 0 atom stereocenters. The average Bonchev–Trinajstić information content (AvgIpc) is 1.20. The molecule has 4 heterocycles. The van der Waals surface area contributed by atoms with Gasteiger partial charge in [-0.25, -0.2) is 4.98 Å². The van der Waals surface area contributed by atoms with E-state index in [0.29, 0.717) is 45.3 Å². The quantitative estimate of drug-likeness (QED) is 0.128. The molecule has 404 valence electrons. The van der Waals surface area contributed by atoms with Crippen molar-refractivity contribution in [1.82, 2.24) is 14.5 Å². The number of phenolic OH excluding ortho intramolecular Hbond substituents is 1. The van der Waals surface area contributed by atoms with E-state index in [9.17, 15) is 5.11 Å². The van der Waals surface area contributed by atoms with Crippen LogP contribution in [0.4, 0.5) is 0 Å². The zero-order valence-corrected chi connectivity index (χ0v) is 50.5. The number of para-hydroxylation sites is 1. The van der Waals surface area contributed by atoms with Gasteiger partial charge in [-0.05, 0) is 112 Å². The van der Waals surface area contributed by atoms with E-state index in [-0.39, 0.29) is 32.1 Å². The molecule has 2 aliphatic heterocycles. The molecule has 2 aliphatic rings. The maximum Gasteiger partial charge on any atom is 0.148 e. The van der Waals surface area contributed by atoms with Crippen LogP contribution in [0.5, 0.6) is 5.75 Å². The van der Waals surface area contributed by atoms with Gasteiger partial charge in [0.2, 0.25) is 0 Å². The van der Waals surface area contributed by atoms with Crippen LogP contribution in [0.15, 0.2) is 151 Å². The predicted molar refractivity (Wildman–Crippen MR) is 339 cm³/mol. The van der Waals surface area contributed by atoms with Crippen molar-refractivity contribution in [2.75, 3.05) is 0 Å². The Labute approximate surface area is 512 Å². The van der Waals surface area contributed by atoms with Gasteiger partial charge in [0.15, 0.2) is 0 Å². The molecule has 7 heteroatoms. The third kappa shape index (κ3) is 10.2. The van der Waals surface area contributed by atoms with E-state index in [1.807, 2.05) is 87.5 Å². The SMILES string of the molecule is [2H]C([2H])([2H])C(c1cc(-c2nc3c(-c4[c-]c(-c5cc(-c6ccc(C7=Cc8cc9c(cc8[Si]7(C)C)C=C[Si]9(C)C)cc6)ccn5)cc(C(C)(C)C)c4)cccc3n2-c2ccc(C(C)(C)C)cc2-c2ccccc2)c(O)c(C(C([2H])([2H])[2H])(C([2H])([2H])[2H])C([2H])([2H])[2H])c1)(C([2H])([2H])[2H])C([2H])([2H])[2H].[Pt]. The van der Waals surface area contributed by atoms with Gasteiger partial charge >= 0.3 is 0 Å². The number of aromatic nitrogens is 3. The van der Waals surface area contributed by atoms with Gasteiger partial charge in [0.1, 0.15) is 27.7 Å². The van der Waals surface area contributed by atoms with Gasteiger partial charge in [-0.15, -0.1) is 29.3 Å². The van der Waals surface area contributed by atoms with Gasteiger partial charge in [0.05, 0.1) is 22.3 Å². The van der Waals surface area contributed by atoms with E-state index in [0.717, 1.165) is 28.3 Å². The molecule has 11 rings (SSSR count). The average molecular weight is 1270 g/mol. The molecule has 0 radical (unpaired) electrons. The third-order valence-electron chi connectivity index (χ3n) is 15.9. The number of fused-ring (bicyclic) bond motifs is 3. The van der Waals surface area contributed by atoms with Crippen molar-refractivity contribution in [1.29, 1.82) is 0 Å². The monoisotopic (exact) mass is 1270 g/mol. The third-order valence-corrected chi connectivity index (χ3v) is 22.3. The van der Waals surface area contributed by atoms with Crippen LogP contribution < -0.4 is 10.4 Å². The summed E-state index contributed by atoms with van der Waals surface area (Å²) in [5, 5.41) is 17.5. The van der Waals surface area contributed by atoms with Crippen LogP contribution in [0.3, 0.4) is 0 Å². The molecular weight excluding hydrogens is 1170 g/mol. The summed E-state index contributed by atoms with van der Waals surface area (Å²) in [7, 11) is -3.71. The standard InChI is InChI=1S/C72H76N3OSi2.Pt/c1-69(2,3)53-29-30-61(57(42-53)46-21-18-17-19-22-46)75-62-24-20-23-56(66(62)74-68(75)58-43-55(71(7,8)9)44-59(67(58)76)72(10,11)12)50-35-51(37-54(36-50)70(4,5)6)60-38-48(31-33-73-60)45-25-27-47(28-26-45)64-41-52-40-63-49(32-34-77(63,13)14)39-65(52)78(64,15)16;/h17-34,36-44,76H,1-16H3;/q-1;/i7D3,8D3,9D3,10D3,11D3,12D3;. The number of phenols is 1.